The smallest absolute Gasteiger partial charge is 0.166 e. The van der Waals surface area contributed by atoms with Gasteiger partial charge in [-0.3, -0.25) is 4.79 Å². The van der Waals surface area contributed by atoms with Crippen LogP contribution in [0.2, 0.25) is 0 Å². The van der Waals surface area contributed by atoms with Crippen molar-refractivity contribution in [3.05, 3.63) is 11.0 Å². The van der Waals surface area contributed by atoms with E-state index in [0.717, 1.165) is 0 Å². The number of ketones is 1. The number of carbonyl (C=O) groups excluding carboxylic acids is 1. The molecule has 0 atom stereocenters. The van der Waals surface area contributed by atoms with Gasteiger partial charge in [0.2, 0.25) is 0 Å². The first-order valence-electron chi connectivity index (χ1n) is 3.07. The molecule has 1 aliphatic rings. The van der Waals surface area contributed by atoms with Gasteiger partial charge in [0.1, 0.15) is 0 Å². The summed E-state index contributed by atoms with van der Waals surface area (Å²) in [4.78, 5) is 11.9. The van der Waals surface area contributed by atoms with Crippen LogP contribution in [-0.4, -0.2) is 11.5 Å². The van der Waals surface area contributed by atoms with Crippen LogP contribution in [0.5, 0.6) is 0 Å². The fourth-order valence-corrected chi connectivity index (χ4v) is 1.67. The summed E-state index contributed by atoms with van der Waals surface area (Å²) < 4.78 is 0. The van der Waals surface area contributed by atoms with Gasteiger partial charge in [-0.15, -0.1) is 11.8 Å². The van der Waals surface area contributed by atoms with E-state index in [1.54, 1.807) is 17.8 Å². The molecule has 0 fully saturated rings. The Morgan fingerprint density at radius 2 is 2.33 bits per heavy atom. The molecule has 0 aromatic heterocycles. The summed E-state index contributed by atoms with van der Waals surface area (Å²) in [6.45, 7) is 4.22. The Bertz CT molecular complexity index is 158. The largest absolute Gasteiger partial charge is 0.294 e. The Balaban J connectivity index is 2.62. The van der Waals surface area contributed by atoms with Gasteiger partial charge in [0.15, 0.2) is 5.78 Å². The molecule has 0 radical (unpaired) electrons. The monoisotopic (exact) mass is 142 g/mol. The highest BCUT2D eigenvalue weighted by atomic mass is 32.2. The van der Waals surface area contributed by atoms with E-state index in [1.165, 1.54) is 4.91 Å². The number of rotatable bonds is 1. The van der Waals surface area contributed by atoms with Crippen LogP contribution in [0, 0.1) is 5.92 Å². The van der Waals surface area contributed by atoms with Gasteiger partial charge < -0.3 is 0 Å². The maximum atomic E-state index is 10.7. The topological polar surface area (TPSA) is 17.1 Å². The number of thioether (sulfide) groups is 1. The first-order chi connectivity index (χ1) is 4.20. The highest BCUT2D eigenvalue weighted by molar-refractivity contribution is 8.04. The Hall–Kier alpha value is -0.240. The number of hydrogen-bond acceptors (Lipinski definition) is 2. The third kappa shape index (κ3) is 1.58. The zero-order valence-electron chi connectivity index (χ0n) is 5.68. The van der Waals surface area contributed by atoms with Crippen LogP contribution in [-0.2, 0) is 4.79 Å². The fourth-order valence-electron chi connectivity index (χ4n) is 0.730. The van der Waals surface area contributed by atoms with Crippen molar-refractivity contribution in [2.75, 3.05) is 5.75 Å². The maximum Gasteiger partial charge on any atom is 0.166 e. The predicted molar refractivity (Wildman–Crippen MR) is 40.4 cm³/mol. The third-order valence-corrected chi connectivity index (χ3v) is 2.60. The van der Waals surface area contributed by atoms with E-state index in [9.17, 15) is 4.79 Å². The lowest BCUT2D eigenvalue weighted by Crippen LogP contribution is -1.87. The Labute approximate surface area is 59.5 Å². The summed E-state index contributed by atoms with van der Waals surface area (Å²) in [6, 6.07) is 0. The second kappa shape index (κ2) is 2.56. The number of hydrogen-bond donors (Lipinski definition) is 0. The lowest BCUT2D eigenvalue weighted by atomic mass is 10.2. The molecular weight excluding hydrogens is 132 g/mol. The molecule has 9 heavy (non-hydrogen) atoms. The minimum atomic E-state index is 0.267. The molecule has 1 aliphatic heterocycles. The molecule has 0 N–H and O–H groups in total. The molecule has 0 spiro atoms. The van der Waals surface area contributed by atoms with E-state index in [4.69, 9.17) is 0 Å². The van der Waals surface area contributed by atoms with Crippen molar-refractivity contribution in [1.29, 1.82) is 0 Å². The molecular formula is C7H10OS. The SMILES string of the molecule is CC(C)C1=CC(=O)CS1. The molecule has 0 aliphatic carbocycles. The Kier molecular flexibility index (Phi) is 1.96. The van der Waals surface area contributed by atoms with Crippen molar-refractivity contribution in [3.63, 3.8) is 0 Å². The van der Waals surface area contributed by atoms with E-state index in [2.05, 4.69) is 13.8 Å². The van der Waals surface area contributed by atoms with E-state index in [0.29, 0.717) is 11.7 Å². The van der Waals surface area contributed by atoms with Gasteiger partial charge in [0.25, 0.3) is 0 Å². The van der Waals surface area contributed by atoms with Crippen molar-refractivity contribution in [3.8, 4) is 0 Å². The van der Waals surface area contributed by atoms with Gasteiger partial charge in [0, 0.05) is 0 Å². The van der Waals surface area contributed by atoms with Crippen molar-refractivity contribution in [2.45, 2.75) is 13.8 Å². The number of carbonyl (C=O) groups is 1. The highest BCUT2D eigenvalue weighted by Crippen LogP contribution is 2.28. The highest BCUT2D eigenvalue weighted by Gasteiger charge is 2.14. The molecule has 0 saturated carbocycles. The third-order valence-electron chi connectivity index (χ3n) is 1.25. The molecule has 0 aromatic rings. The summed E-state index contributed by atoms with van der Waals surface area (Å²) in [5, 5.41) is 0. The molecule has 0 bridgehead atoms. The van der Waals surface area contributed by atoms with Gasteiger partial charge in [0.05, 0.1) is 5.75 Å². The second-order valence-corrected chi connectivity index (χ2v) is 3.51. The van der Waals surface area contributed by atoms with E-state index in [-0.39, 0.29) is 5.78 Å². The summed E-state index contributed by atoms with van der Waals surface area (Å²) in [5.41, 5.74) is 0. The van der Waals surface area contributed by atoms with Crippen LogP contribution < -0.4 is 0 Å². The second-order valence-electron chi connectivity index (χ2n) is 2.46. The van der Waals surface area contributed by atoms with Gasteiger partial charge >= 0.3 is 0 Å². The molecule has 0 saturated heterocycles. The van der Waals surface area contributed by atoms with Crippen LogP contribution in [0.4, 0.5) is 0 Å². The van der Waals surface area contributed by atoms with Crippen molar-refractivity contribution in [2.24, 2.45) is 5.92 Å². The van der Waals surface area contributed by atoms with Crippen molar-refractivity contribution < 1.29 is 4.79 Å². The van der Waals surface area contributed by atoms with Crippen molar-refractivity contribution >= 4 is 17.5 Å². The molecule has 2 heteroatoms. The molecule has 50 valence electrons. The van der Waals surface area contributed by atoms with E-state index < -0.39 is 0 Å². The quantitative estimate of drug-likeness (QED) is 0.555. The Morgan fingerprint density at radius 3 is 2.56 bits per heavy atom. The van der Waals surface area contributed by atoms with Crippen LogP contribution in [0.15, 0.2) is 11.0 Å². The minimum absolute atomic E-state index is 0.267. The van der Waals surface area contributed by atoms with Gasteiger partial charge in [-0.1, -0.05) is 13.8 Å². The number of allylic oxidation sites excluding steroid dienone is 2. The molecule has 1 nitrogen and oxygen atoms in total. The zero-order chi connectivity index (χ0) is 6.85. The molecule has 0 amide bonds. The first kappa shape index (κ1) is 6.87. The summed E-state index contributed by atoms with van der Waals surface area (Å²) in [5.74, 6) is 1.46. The predicted octanol–water partition coefficient (Wildman–Crippen LogP) is 1.84. The lowest BCUT2D eigenvalue weighted by molar-refractivity contribution is -0.112. The van der Waals surface area contributed by atoms with Gasteiger partial charge in [-0.05, 0) is 16.9 Å². The summed E-state index contributed by atoms with van der Waals surface area (Å²) >= 11 is 1.67. The van der Waals surface area contributed by atoms with Crippen LogP contribution in [0.1, 0.15) is 13.8 Å². The fraction of sp³-hybridized carbons (Fsp3) is 0.571. The average Bonchev–Trinajstić information content (AvgIpc) is 2.14. The van der Waals surface area contributed by atoms with Crippen LogP contribution in [0.3, 0.4) is 0 Å². The average molecular weight is 142 g/mol. The standard InChI is InChI=1S/C7H10OS/c1-5(2)7-3-6(8)4-9-7/h3,5H,4H2,1-2H3. The normalized spacial score (nSPS) is 19.0. The van der Waals surface area contributed by atoms with E-state index >= 15 is 0 Å². The summed E-state index contributed by atoms with van der Waals surface area (Å²) in [7, 11) is 0. The van der Waals surface area contributed by atoms with Gasteiger partial charge in [-0.2, -0.15) is 0 Å². The molecule has 0 aromatic carbocycles. The summed E-state index contributed by atoms with van der Waals surface area (Å²) in [6.07, 6.45) is 1.76. The lowest BCUT2D eigenvalue weighted by Gasteiger charge is -2.01. The molecule has 1 heterocycles. The van der Waals surface area contributed by atoms with Crippen LogP contribution in [0.25, 0.3) is 0 Å². The first-order valence-corrected chi connectivity index (χ1v) is 4.06. The molecule has 0 unspecified atom stereocenters. The van der Waals surface area contributed by atoms with E-state index in [1.807, 2.05) is 0 Å². The Morgan fingerprint density at radius 1 is 1.67 bits per heavy atom. The zero-order valence-corrected chi connectivity index (χ0v) is 6.49. The van der Waals surface area contributed by atoms with Gasteiger partial charge in [-0.25, -0.2) is 0 Å². The minimum Gasteiger partial charge on any atom is -0.294 e. The van der Waals surface area contributed by atoms with Crippen molar-refractivity contribution in [1.82, 2.24) is 0 Å². The maximum absolute atomic E-state index is 10.7. The van der Waals surface area contributed by atoms with Crippen LogP contribution >= 0.6 is 11.8 Å². The molecule has 1 rings (SSSR count).